The number of benzene rings is 2. The molecule has 0 aromatic heterocycles. The Bertz CT molecular complexity index is 628. The highest BCUT2D eigenvalue weighted by Crippen LogP contribution is 2.32. The molecule has 2 aromatic rings. The number of unbranched alkanes of at least 4 members (excludes halogenated alkanes) is 1. The zero-order valence-electron chi connectivity index (χ0n) is 17.3. The Morgan fingerprint density at radius 3 is 1.27 bits per heavy atom. The third-order valence-electron chi connectivity index (χ3n) is 4.44. The Hall–Kier alpha value is -1.96. The van der Waals surface area contributed by atoms with Crippen LogP contribution in [0, 0.1) is 0 Å². The molecule has 0 aliphatic carbocycles. The average molecular weight is 355 g/mol. The van der Waals surface area contributed by atoms with Crippen LogP contribution in [-0.2, 0) is 10.8 Å². The maximum Gasteiger partial charge on any atom is 0.123 e. The van der Waals surface area contributed by atoms with Gasteiger partial charge in [0.15, 0.2) is 0 Å². The molecule has 0 heterocycles. The van der Waals surface area contributed by atoms with Gasteiger partial charge in [-0.05, 0) is 46.9 Å². The molecule has 0 N–H and O–H groups in total. The summed E-state index contributed by atoms with van der Waals surface area (Å²) in [7, 11) is 0. The zero-order valence-corrected chi connectivity index (χ0v) is 17.3. The molecule has 0 aliphatic rings. The molecule has 0 atom stereocenters. The van der Waals surface area contributed by atoms with Crippen molar-refractivity contribution in [1.29, 1.82) is 0 Å². The molecular weight excluding hydrogens is 320 g/mol. The van der Waals surface area contributed by atoms with Crippen LogP contribution in [0.3, 0.4) is 0 Å². The SMILES string of the molecule is CC(C)(C)c1ccccc1OCCCCOc1ccccc1C(C)(C)C. The summed E-state index contributed by atoms with van der Waals surface area (Å²) in [5.74, 6) is 2.00. The van der Waals surface area contributed by atoms with Crippen LogP contribution in [0.1, 0.15) is 65.5 Å². The minimum atomic E-state index is 0.0936. The third kappa shape index (κ3) is 5.79. The van der Waals surface area contributed by atoms with E-state index in [-0.39, 0.29) is 10.8 Å². The predicted molar refractivity (Wildman–Crippen MR) is 111 cm³/mol. The van der Waals surface area contributed by atoms with Gasteiger partial charge in [-0.1, -0.05) is 77.9 Å². The molecular formula is C24H34O2. The first-order valence-electron chi connectivity index (χ1n) is 9.64. The van der Waals surface area contributed by atoms with Crippen molar-refractivity contribution in [2.24, 2.45) is 0 Å². The lowest BCUT2D eigenvalue weighted by atomic mass is 9.86. The standard InChI is InChI=1S/C24H34O2/c1-23(2,3)19-13-7-9-15-21(19)25-17-11-12-18-26-22-16-10-8-14-20(22)24(4,5)6/h7-10,13-16H,11-12,17-18H2,1-6H3. The van der Waals surface area contributed by atoms with Gasteiger partial charge in [-0.3, -0.25) is 0 Å². The Labute approximate surface area is 159 Å². The lowest BCUT2D eigenvalue weighted by molar-refractivity contribution is 0.260. The van der Waals surface area contributed by atoms with Gasteiger partial charge in [0.05, 0.1) is 13.2 Å². The molecule has 2 aromatic carbocycles. The summed E-state index contributed by atoms with van der Waals surface area (Å²) in [6.07, 6.45) is 1.96. The van der Waals surface area contributed by atoms with Gasteiger partial charge < -0.3 is 9.47 Å². The minimum Gasteiger partial charge on any atom is -0.493 e. The lowest BCUT2D eigenvalue weighted by Crippen LogP contribution is -2.14. The molecule has 142 valence electrons. The van der Waals surface area contributed by atoms with Crippen LogP contribution < -0.4 is 9.47 Å². The van der Waals surface area contributed by atoms with Gasteiger partial charge in [0.25, 0.3) is 0 Å². The van der Waals surface area contributed by atoms with Crippen molar-refractivity contribution in [2.75, 3.05) is 13.2 Å². The molecule has 2 rings (SSSR count). The summed E-state index contributed by atoms with van der Waals surface area (Å²) in [6.45, 7) is 14.7. The largest absolute Gasteiger partial charge is 0.493 e. The first-order chi connectivity index (χ1) is 12.2. The average Bonchev–Trinajstić information content (AvgIpc) is 2.57. The molecule has 0 spiro atoms. The third-order valence-corrected chi connectivity index (χ3v) is 4.44. The normalized spacial score (nSPS) is 12.1. The van der Waals surface area contributed by atoms with Crippen LogP contribution in [0.2, 0.25) is 0 Å². The summed E-state index contributed by atoms with van der Waals surface area (Å²) in [5.41, 5.74) is 2.71. The van der Waals surface area contributed by atoms with Crippen LogP contribution in [0.5, 0.6) is 11.5 Å². The molecule has 0 radical (unpaired) electrons. The second-order valence-corrected chi connectivity index (χ2v) is 8.90. The summed E-state index contributed by atoms with van der Waals surface area (Å²) >= 11 is 0. The summed E-state index contributed by atoms with van der Waals surface area (Å²) in [4.78, 5) is 0. The maximum absolute atomic E-state index is 6.04. The predicted octanol–water partition coefficient (Wildman–Crippen LogP) is 6.52. The van der Waals surface area contributed by atoms with Crippen molar-refractivity contribution in [3.8, 4) is 11.5 Å². The lowest BCUT2D eigenvalue weighted by Gasteiger charge is -2.23. The van der Waals surface area contributed by atoms with Gasteiger partial charge in [-0.15, -0.1) is 0 Å². The van der Waals surface area contributed by atoms with Crippen molar-refractivity contribution in [3.05, 3.63) is 59.7 Å². The molecule has 0 bridgehead atoms. The van der Waals surface area contributed by atoms with Crippen molar-refractivity contribution in [1.82, 2.24) is 0 Å². The summed E-state index contributed by atoms with van der Waals surface area (Å²) in [5, 5.41) is 0. The van der Waals surface area contributed by atoms with E-state index in [2.05, 4.69) is 77.9 Å². The quantitative estimate of drug-likeness (QED) is 0.527. The molecule has 2 nitrogen and oxygen atoms in total. The Morgan fingerprint density at radius 2 is 0.923 bits per heavy atom. The number of hydrogen-bond acceptors (Lipinski definition) is 2. The minimum absolute atomic E-state index is 0.0936. The van der Waals surface area contributed by atoms with E-state index in [0.717, 1.165) is 37.6 Å². The molecule has 0 saturated heterocycles. The van der Waals surface area contributed by atoms with E-state index in [9.17, 15) is 0 Å². The van der Waals surface area contributed by atoms with Crippen LogP contribution >= 0.6 is 0 Å². The molecule has 0 saturated carbocycles. The molecule has 0 unspecified atom stereocenters. The van der Waals surface area contributed by atoms with Crippen LogP contribution in [0.4, 0.5) is 0 Å². The van der Waals surface area contributed by atoms with Gasteiger partial charge in [0.1, 0.15) is 11.5 Å². The molecule has 0 fully saturated rings. The second-order valence-electron chi connectivity index (χ2n) is 8.90. The number of ether oxygens (including phenoxy) is 2. The molecule has 0 amide bonds. The topological polar surface area (TPSA) is 18.5 Å². The number of hydrogen-bond donors (Lipinski definition) is 0. The van der Waals surface area contributed by atoms with E-state index >= 15 is 0 Å². The fraction of sp³-hybridized carbons (Fsp3) is 0.500. The van der Waals surface area contributed by atoms with E-state index in [1.165, 1.54) is 11.1 Å². The number of para-hydroxylation sites is 2. The fourth-order valence-corrected chi connectivity index (χ4v) is 2.99. The molecule has 0 aliphatic heterocycles. The van der Waals surface area contributed by atoms with E-state index in [0.29, 0.717) is 0 Å². The summed E-state index contributed by atoms with van der Waals surface area (Å²) < 4.78 is 12.1. The Balaban J connectivity index is 1.80. The first kappa shape index (κ1) is 20.4. The fourth-order valence-electron chi connectivity index (χ4n) is 2.99. The van der Waals surface area contributed by atoms with Crippen LogP contribution in [-0.4, -0.2) is 13.2 Å². The number of rotatable bonds is 7. The highest BCUT2D eigenvalue weighted by Gasteiger charge is 2.19. The van der Waals surface area contributed by atoms with Gasteiger partial charge >= 0.3 is 0 Å². The van der Waals surface area contributed by atoms with Crippen molar-refractivity contribution in [3.63, 3.8) is 0 Å². The smallest absolute Gasteiger partial charge is 0.123 e. The Kier molecular flexibility index (Phi) is 6.75. The van der Waals surface area contributed by atoms with Gasteiger partial charge in [0, 0.05) is 0 Å². The van der Waals surface area contributed by atoms with E-state index in [4.69, 9.17) is 9.47 Å². The summed E-state index contributed by atoms with van der Waals surface area (Å²) in [6, 6.07) is 16.7. The molecule has 26 heavy (non-hydrogen) atoms. The van der Waals surface area contributed by atoms with Gasteiger partial charge in [0.2, 0.25) is 0 Å². The van der Waals surface area contributed by atoms with Crippen LogP contribution in [0.15, 0.2) is 48.5 Å². The van der Waals surface area contributed by atoms with Gasteiger partial charge in [-0.25, -0.2) is 0 Å². The molecule has 2 heteroatoms. The van der Waals surface area contributed by atoms with E-state index in [1.54, 1.807) is 0 Å². The van der Waals surface area contributed by atoms with Crippen LogP contribution in [0.25, 0.3) is 0 Å². The second kappa shape index (κ2) is 8.62. The Morgan fingerprint density at radius 1 is 0.577 bits per heavy atom. The monoisotopic (exact) mass is 354 g/mol. The van der Waals surface area contributed by atoms with Crippen molar-refractivity contribution in [2.45, 2.75) is 65.2 Å². The van der Waals surface area contributed by atoms with Crippen molar-refractivity contribution < 1.29 is 9.47 Å². The van der Waals surface area contributed by atoms with Crippen molar-refractivity contribution >= 4 is 0 Å². The maximum atomic E-state index is 6.04. The van der Waals surface area contributed by atoms with Gasteiger partial charge in [-0.2, -0.15) is 0 Å². The highest BCUT2D eigenvalue weighted by molar-refractivity contribution is 5.39. The van der Waals surface area contributed by atoms with E-state index < -0.39 is 0 Å². The highest BCUT2D eigenvalue weighted by atomic mass is 16.5. The van der Waals surface area contributed by atoms with E-state index in [1.807, 2.05) is 12.1 Å². The zero-order chi connectivity index (χ0) is 19.2. The first-order valence-corrected chi connectivity index (χ1v) is 9.64.